The van der Waals surface area contributed by atoms with Crippen molar-refractivity contribution in [3.05, 3.63) is 23.8 Å². The van der Waals surface area contributed by atoms with E-state index < -0.39 is 5.97 Å². The Kier molecular flexibility index (Phi) is 4.39. The van der Waals surface area contributed by atoms with Gasteiger partial charge in [0.1, 0.15) is 0 Å². The second kappa shape index (κ2) is 5.79. The lowest BCUT2D eigenvalue weighted by Gasteiger charge is -2.12. The minimum atomic E-state index is -1.27. The first-order valence-electron chi connectivity index (χ1n) is 4.81. The van der Waals surface area contributed by atoms with Gasteiger partial charge in [0.25, 0.3) is 0 Å². The van der Waals surface area contributed by atoms with Crippen LogP contribution in [0.5, 0.6) is 17.2 Å². The molecule has 1 radical (unpaired) electrons. The fraction of sp³-hybridized carbons (Fsp3) is 0.250. The molecule has 0 spiro atoms. The summed E-state index contributed by atoms with van der Waals surface area (Å²) in [4.78, 5) is 10.3. The van der Waals surface area contributed by atoms with E-state index in [2.05, 4.69) is 0 Å². The molecule has 1 aromatic carbocycles. The molecule has 91 valence electrons. The zero-order chi connectivity index (χ0) is 12.8. The van der Waals surface area contributed by atoms with Crippen LogP contribution in [0.25, 0.3) is 6.08 Å². The molecule has 0 amide bonds. The van der Waals surface area contributed by atoms with Crippen molar-refractivity contribution in [2.75, 3.05) is 21.3 Å². The summed E-state index contributed by atoms with van der Waals surface area (Å²) in [5.74, 6) is 0.119. The largest absolute Gasteiger partial charge is 0.493 e. The molecular weight excluding hydrogens is 224 g/mol. The Morgan fingerprint density at radius 3 is 1.94 bits per heavy atom. The van der Waals surface area contributed by atoms with Crippen LogP contribution in [0.3, 0.4) is 0 Å². The summed E-state index contributed by atoms with van der Waals surface area (Å²) in [5, 5.41) is 10.3. The number of carbonyl (C=O) groups is 1. The summed E-state index contributed by atoms with van der Waals surface area (Å²) < 4.78 is 15.4. The first kappa shape index (κ1) is 12.9. The Bertz CT molecular complexity index is 412. The van der Waals surface area contributed by atoms with E-state index in [1.165, 1.54) is 27.4 Å². The highest BCUT2D eigenvalue weighted by Crippen LogP contribution is 2.38. The van der Waals surface area contributed by atoms with Gasteiger partial charge < -0.3 is 14.2 Å². The predicted molar refractivity (Wildman–Crippen MR) is 60.8 cm³/mol. The van der Waals surface area contributed by atoms with Crippen molar-refractivity contribution in [1.29, 1.82) is 0 Å². The summed E-state index contributed by atoms with van der Waals surface area (Å²) in [6.07, 6.45) is 2.32. The zero-order valence-electron chi connectivity index (χ0n) is 9.85. The van der Waals surface area contributed by atoms with E-state index in [-0.39, 0.29) is 0 Å². The van der Waals surface area contributed by atoms with Gasteiger partial charge in [-0.05, 0) is 23.8 Å². The maximum atomic E-state index is 10.3. The molecule has 0 heterocycles. The van der Waals surface area contributed by atoms with Gasteiger partial charge in [-0.1, -0.05) is 0 Å². The smallest absolute Gasteiger partial charge is 0.379 e. The van der Waals surface area contributed by atoms with Gasteiger partial charge in [0, 0.05) is 6.08 Å². The van der Waals surface area contributed by atoms with Crippen molar-refractivity contribution >= 4 is 12.0 Å². The lowest BCUT2D eigenvalue weighted by Crippen LogP contribution is -1.95. The first-order chi connectivity index (χ1) is 8.12. The van der Waals surface area contributed by atoms with E-state index >= 15 is 0 Å². The molecule has 17 heavy (non-hydrogen) atoms. The predicted octanol–water partition coefficient (Wildman–Crippen LogP) is 1.68. The standard InChI is InChI=1S/C12H13O5/c1-15-9-6-8(4-5-11(13)14)7-10(16-2)12(9)17-3/h4-7H,1-3H3/b5-4+. The van der Waals surface area contributed by atoms with E-state index in [4.69, 9.17) is 14.2 Å². The average molecular weight is 237 g/mol. The lowest BCUT2D eigenvalue weighted by molar-refractivity contribution is -0.137. The summed E-state index contributed by atoms with van der Waals surface area (Å²) in [6.45, 7) is 0. The highest BCUT2D eigenvalue weighted by molar-refractivity contribution is 5.85. The van der Waals surface area contributed by atoms with Gasteiger partial charge in [-0.15, -0.1) is 0 Å². The molecular formula is C12H13O5. The number of ether oxygens (including phenoxy) is 3. The maximum absolute atomic E-state index is 10.3. The van der Waals surface area contributed by atoms with Crippen molar-refractivity contribution < 1.29 is 24.1 Å². The van der Waals surface area contributed by atoms with Gasteiger partial charge >= 0.3 is 5.97 Å². The molecule has 0 aliphatic heterocycles. The molecule has 0 aliphatic carbocycles. The van der Waals surface area contributed by atoms with Crippen LogP contribution in [0.4, 0.5) is 0 Å². The summed E-state index contributed by atoms with van der Waals surface area (Å²) in [5.41, 5.74) is 0.615. The van der Waals surface area contributed by atoms with Crippen molar-refractivity contribution in [1.82, 2.24) is 0 Å². The van der Waals surface area contributed by atoms with Crippen LogP contribution >= 0.6 is 0 Å². The van der Waals surface area contributed by atoms with Crippen LogP contribution in [0.15, 0.2) is 18.2 Å². The van der Waals surface area contributed by atoms with Crippen molar-refractivity contribution in [3.8, 4) is 17.2 Å². The normalized spacial score (nSPS) is 10.3. The minimum Gasteiger partial charge on any atom is -0.493 e. The van der Waals surface area contributed by atoms with Crippen LogP contribution < -0.4 is 14.2 Å². The maximum Gasteiger partial charge on any atom is 0.379 e. The van der Waals surface area contributed by atoms with Gasteiger partial charge in [-0.3, -0.25) is 0 Å². The van der Waals surface area contributed by atoms with Gasteiger partial charge in [0.05, 0.1) is 21.3 Å². The quantitative estimate of drug-likeness (QED) is 0.731. The molecule has 1 aromatic rings. The molecule has 0 aliphatic rings. The monoisotopic (exact) mass is 237 g/mol. The molecule has 0 saturated heterocycles. The van der Waals surface area contributed by atoms with Crippen LogP contribution in [0.2, 0.25) is 0 Å². The molecule has 0 saturated carbocycles. The molecule has 5 heteroatoms. The molecule has 0 atom stereocenters. The number of carbonyl (C=O) groups excluding carboxylic acids is 1. The van der Waals surface area contributed by atoms with Gasteiger partial charge in [-0.25, -0.2) is 9.90 Å². The van der Waals surface area contributed by atoms with Crippen LogP contribution in [-0.2, 0) is 9.90 Å². The highest BCUT2D eigenvalue weighted by Gasteiger charge is 2.12. The number of hydrogen-bond acceptors (Lipinski definition) is 4. The van der Waals surface area contributed by atoms with Gasteiger partial charge in [-0.2, -0.15) is 0 Å². The lowest BCUT2D eigenvalue weighted by atomic mass is 10.1. The molecule has 0 N–H and O–H groups in total. The van der Waals surface area contributed by atoms with E-state index in [1.54, 1.807) is 12.1 Å². The van der Waals surface area contributed by atoms with E-state index in [0.29, 0.717) is 22.8 Å². The van der Waals surface area contributed by atoms with Crippen LogP contribution in [-0.4, -0.2) is 27.3 Å². The number of hydrogen-bond donors (Lipinski definition) is 0. The second-order valence-corrected chi connectivity index (χ2v) is 3.11. The zero-order valence-corrected chi connectivity index (χ0v) is 9.85. The van der Waals surface area contributed by atoms with Crippen LogP contribution in [0, 0.1) is 0 Å². The number of benzene rings is 1. The Morgan fingerprint density at radius 1 is 1.06 bits per heavy atom. The molecule has 0 bridgehead atoms. The highest BCUT2D eigenvalue weighted by atomic mass is 16.5. The Labute approximate surface area is 99.2 Å². The summed E-state index contributed by atoms with van der Waals surface area (Å²) in [7, 11) is 4.48. The third-order valence-corrected chi connectivity index (χ3v) is 2.10. The topological polar surface area (TPSA) is 64.7 Å². The number of methoxy groups -OCH3 is 3. The van der Waals surface area contributed by atoms with Crippen molar-refractivity contribution in [3.63, 3.8) is 0 Å². The average Bonchev–Trinajstić information content (AvgIpc) is 2.34. The molecule has 0 fully saturated rings. The Hall–Kier alpha value is -2.17. The Balaban J connectivity index is 3.22. The third-order valence-electron chi connectivity index (χ3n) is 2.10. The molecule has 1 rings (SSSR count). The molecule has 5 nitrogen and oxygen atoms in total. The fourth-order valence-corrected chi connectivity index (χ4v) is 1.36. The van der Waals surface area contributed by atoms with Crippen LogP contribution in [0.1, 0.15) is 5.56 Å². The minimum absolute atomic E-state index is 0.459. The second-order valence-electron chi connectivity index (χ2n) is 3.11. The van der Waals surface area contributed by atoms with Gasteiger partial charge in [0.15, 0.2) is 11.5 Å². The fourth-order valence-electron chi connectivity index (χ4n) is 1.36. The van der Waals surface area contributed by atoms with Gasteiger partial charge in [0.2, 0.25) is 5.75 Å². The summed E-state index contributed by atoms with van der Waals surface area (Å²) >= 11 is 0. The SMILES string of the molecule is COc1cc(/C=C/C([O])=O)cc(OC)c1OC. The van der Waals surface area contributed by atoms with Crippen molar-refractivity contribution in [2.45, 2.75) is 0 Å². The third kappa shape index (κ3) is 3.14. The molecule has 0 unspecified atom stereocenters. The number of rotatable bonds is 5. The van der Waals surface area contributed by atoms with E-state index in [1.807, 2.05) is 0 Å². The molecule has 0 aromatic heterocycles. The first-order valence-corrected chi connectivity index (χ1v) is 4.81. The van der Waals surface area contributed by atoms with E-state index in [9.17, 15) is 9.90 Å². The summed E-state index contributed by atoms with van der Waals surface area (Å²) in [6, 6.07) is 3.28. The van der Waals surface area contributed by atoms with Crippen molar-refractivity contribution in [2.24, 2.45) is 0 Å². The van der Waals surface area contributed by atoms with E-state index in [0.717, 1.165) is 6.08 Å². The Morgan fingerprint density at radius 2 is 1.59 bits per heavy atom.